The van der Waals surface area contributed by atoms with Crippen molar-refractivity contribution < 1.29 is 19.1 Å². The molecule has 0 aromatic carbocycles. The van der Waals surface area contributed by atoms with Gasteiger partial charge in [-0.15, -0.1) is 0 Å². The van der Waals surface area contributed by atoms with Gasteiger partial charge < -0.3 is 9.47 Å². The number of allylic oxidation sites excluding steroid dienone is 2. The maximum Gasteiger partial charge on any atom is 0.308 e. The van der Waals surface area contributed by atoms with Crippen molar-refractivity contribution >= 4 is 11.8 Å². The molecule has 0 unspecified atom stereocenters. The minimum absolute atomic E-state index is 0.0701. The van der Waals surface area contributed by atoms with Gasteiger partial charge in [0.15, 0.2) is 5.78 Å². The Morgan fingerprint density at radius 3 is 2.68 bits per heavy atom. The third-order valence-electron chi connectivity index (χ3n) is 3.40. The molecular weight excluding hydrogens is 244 g/mol. The molecule has 0 N–H and O–H groups in total. The topological polar surface area (TPSA) is 52.6 Å². The van der Waals surface area contributed by atoms with Gasteiger partial charge in [0.2, 0.25) is 0 Å². The summed E-state index contributed by atoms with van der Waals surface area (Å²) in [6.07, 6.45) is 5.66. The highest BCUT2D eigenvalue weighted by atomic mass is 16.5. The number of carbonyl (C=O) groups excluding carboxylic acids is 2. The zero-order valence-corrected chi connectivity index (χ0v) is 12.1. The summed E-state index contributed by atoms with van der Waals surface area (Å²) in [6, 6.07) is 0. The number of hydrogen-bond acceptors (Lipinski definition) is 4. The number of ether oxygens (including phenoxy) is 2. The number of ketones is 1. The summed E-state index contributed by atoms with van der Waals surface area (Å²) in [4.78, 5) is 23.1. The number of hydrogen-bond donors (Lipinski definition) is 0. The molecule has 3 atom stereocenters. The predicted molar refractivity (Wildman–Crippen MR) is 72.7 cm³/mol. The summed E-state index contributed by atoms with van der Waals surface area (Å²) in [6.45, 7) is 6.09. The molecule has 0 radical (unpaired) electrons. The molecule has 1 saturated heterocycles. The quantitative estimate of drug-likeness (QED) is 0.549. The van der Waals surface area contributed by atoms with Crippen LogP contribution >= 0.6 is 0 Å². The van der Waals surface area contributed by atoms with Crippen molar-refractivity contribution in [3.63, 3.8) is 0 Å². The van der Waals surface area contributed by atoms with Crippen molar-refractivity contribution in [2.24, 2.45) is 5.92 Å². The lowest BCUT2D eigenvalue weighted by molar-refractivity contribution is -0.152. The van der Waals surface area contributed by atoms with Crippen LogP contribution in [-0.4, -0.2) is 30.6 Å². The predicted octanol–water partition coefficient (Wildman–Crippen LogP) is 2.66. The molecule has 1 aliphatic heterocycles. The van der Waals surface area contributed by atoms with Gasteiger partial charge >= 0.3 is 5.97 Å². The van der Waals surface area contributed by atoms with Crippen molar-refractivity contribution in [2.75, 3.05) is 6.61 Å². The van der Waals surface area contributed by atoms with E-state index in [0.717, 1.165) is 12.8 Å². The molecule has 0 aromatic heterocycles. The number of esters is 1. The van der Waals surface area contributed by atoms with Crippen molar-refractivity contribution in [3.05, 3.63) is 12.2 Å². The van der Waals surface area contributed by atoms with Gasteiger partial charge in [0.1, 0.15) is 0 Å². The average Bonchev–Trinajstić information content (AvgIpc) is 2.34. The van der Waals surface area contributed by atoms with Crippen molar-refractivity contribution in [1.29, 1.82) is 0 Å². The van der Waals surface area contributed by atoms with E-state index in [4.69, 9.17) is 9.47 Å². The van der Waals surface area contributed by atoms with E-state index in [-0.39, 0.29) is 30.4 Å². The van der Waals surface area contributed by atoms with Gasteiger partial charge in [0.05, 0.1) is 25.2 Å². The SMILES string of the molecule is C/C=C/C(=O)C[C@@H]1CC[C@@H](C)[C@@H](CC(=O)OCC)O1. The molecule has 0 bridgehead atoms. The van der Waals surface area contributed by atoms with E-state index < -0.39 is 0 Å². The van der Waals surface area contributed by atoms with E-state index in [0.29, 0.717) is 18.9 Å². The first kappa shape index (κ1) is 15.9. The van der Waals surface area contributed by atoms with Crippen LogP contribution in [0.4, 0.5) is 0 Å². The molecule has 0 saturated carbocycles. The minimum Gasteiger partial charge on any atom is -0.466 e. The molecule has 0 spiro atoms. The van der Waals surface area contributed by atoms with Crippen LogP contribution in [-0.2, 0) is 19.1 Å². The lowest BCUT2D eigenvalue weighted by Crippen LogP contribution is -2.36. The Balaban J connectivity index is 2.48. The molecule has 4 nitrogen and oxygen atoms in total. The third kappa shape index (κ3) is 5.55. The summed E-state index contributed by atoms with van der Waals surface area (Å²) < 4.78 is 10.8. The first-order valence-corrected chi connectivity index (χ1v) is 7.03. The van der Waals surface area contributed by atoms with Crippen LogP contribution in [0.2, 0.25) is 0 Å². The van der Waals surface area contributed by atoms with Crippen molar-refractivity contribution in [1.82, 2.24) is 0 Å². The summed E-state index contributed by atoms with van der Waals surface area (Å²) in [5, 5.41) is 0. The normalized spacial score (nSPS) is 27.4. The van der Waals surface area contributed by atoms with E-state index in [1.807, 2.05) is 6.92 Å². The van der Waals surface area contributed by atoms with Crippen LogP contribution in [0.1, 0.15) is 46.5 Å². The molecule has 1 rings (SSSR count). The zero-order chi connectivity index (χ0) is 14.3. The Labute approximate surface area is 115 Å². The van der Waals surface area contributed by atoms with Crippen LogP contribution in [0.25, 0.3) is 0 Å². The molecule has 108 valence electrons. The second kappa shape index (κ2) is 8.10. The molecule has 1 aliphatic rings. The van der Waals surface area contributed by atoms with Crippen LogP contribution in [0.3, 0.4) is 0 Å². The fourth-order valence-electron chi connectivity index (χ4n) is 2.35. The Morgan fingerprint density at radius 1 is 1.32 bits per heavy atom. The first-order chi connectivity index (χ1) is 9.06. The van der Waals surface area contributed by atoms with Crippen LogP contribution in [0.5, 0.6) is 0 Å². The largest absolute Gasteiger partial charge is 0.466 e. The van der Waals surface area contributed by atoms with Gasteiger partial charge in [0, 0.05) is 6.42 Å². The smallest absolute Gasteiger partial charge is 0.308 e. The van der Waals surface area contributed by atoms with E-state index in [1.165, 1.54) is 0 Å². The van der Waals surface area contributed by atoms with Gasteiger partial charge in [-0.05, 0) is 38.7 Å². The molecule has 0 aliphatic carbocycles. The second-order valence-corrected chi connectivity index (χ2v) is 5.03. The maximum atomic E-state index is 11.6. The fraction of sp³-hybridized carbons (Fsp3) is 0.733. The Morgan fingerprint density at radius 2 is 2.05 bits per heavy atom. The molecule has 19 heavy (non-hydrogen) atoms. The average molecular weight is 268 g/mol. The van der Waals surface area contributed by atoms with Gasteiger partial charge in [-0.3, -0.25) is 9.59 Å². The van der Waals surface area contributed by atoms with E-state index in [2.05, 4.69) is 6.92 Å². The summed E-state index contributed by atoms with van der Waals surface area (Å²) >= 11 is 0. The third-order valence-corrected chi connectivity index (χ3v) is 3.40. The van der Waals surface area contributed by atoms with E-state index in [9.17, 15) is 9.59 Å². The van der Waals surface area contributed by atoms with Crippen LogP contribution in [0, 0.1) is 5.92 Å². The highest BCUT2D eigenvalue weighted by Gasteiger charge is 2.31. The molecule has 0 aromatic rings. The number of carbonyl (C=O) groups is 2. The zero-order valence-electron chi connectivity index (χ0n) is 12.1. The maximum absolute atomic E-state index is 11.6. The fourth-order valence-corrected chi connectivity index (χ4v) is 2.35. The second-order valence-electron chi connectivity index (χ2n) is 5.03. The highest BCUT2D eigenvalue weighted by molar-refractivity contribution is 5.89. The molecule has 4 heteroatoms. The van der Waals surface area contributed by atoms with Crippen molar-refractivity contribution in [3.8, 4) is 0 Å². The summed E-state index contributed by atoms with van der Waals surface area (Å²) in [5.74, 6) is 0.189. The van der Waals surface area contributed by atoms with Crippen molar-refractivity contribution in [2.45, 2.75) is 58.7 Å². The van der Waals surface area contributed by atoms with Crippen LogP contribution in [0.15, 0.2) is 12.2 Å². The monoisotopic (exact) mass is 268 g/mol. The van der Waals surface area contributed by atoms with E-state index >= 15 is 0 Å². The Kier molecular flexibility index (Phi) is 6.78. The van der Waals surface area contributed by atoms with Gasteiger partial charge in [-0.2, -0.15) is 0 Å². The lowest BCUT2D eigenvalue weighted by Gasteiger charge is -2.34. The van der Waals surface area contributed by atoms with Gasteiger partial charge in [-0.25, -0.2) is 0 Å². The highest BCUT2D eigenvalue weighted by Crippen LogP contribution is 2.28. The molecule has 1 heterocycles. The molecule has 1 fully saturated rings. The minimum atomic E-state index is -0.222. The number of rotatable bonds is 6. The van der Waals surface area contributed by atoms with Gasteiger partial charge in [-0.1, -0.05) is 13.0 Å². The van der Waals surface area contributed by atoms with Crippen LogP contribution < -0.4 is 0 Å². The lowest BCUT2D eigenvalue weighted by atomic mass is 9.90. The van der Waals surface area contributed by atoms with E-state index in [1.54, 1.807) is 19.1 Å². The summed E-state index contributed by atoms with van der Waals surface area (Å²) in [7, 11) is 0. The molecular formula is C15H24O4. The Hall–Kier alpha value is -1.16. The standard InChI is InChI=1S/C15H24O4/c1-4-6-12(16)9-13-8-7-11(3)14(19-13)10-15(17)18-5-2/h4,6,11,13-14H,5,7-10H2,1-3H3/b6-4+/t11-,13+,14-/m1/s1. The first-order valence-electron chi connectivity index (χ1n) is 7.03. The van der Waals surface area contributed by atoms with Gasteiger partial charge in [0.25, 0.3) is 0 Å². The Bertz CT molecular complexity index is 335. The molecule has 0 amide bonds. The summed E-state index contributed by atoms with van der Waals surface area (Å²) in [5.41, 5.74) is 0.